The van der Waals surface area contributed by atoms with Crippen LogP contribution < -0.4 is 5.32 Å². The molecule has 1 fully saturated rings. The summed E-state index contributed by atoms with van der Waals surface area (Å²) < 4.78 is 5.77. The lowest BCUT2D eigenvalue weighted by atomic mass is 9.82. The number of allylic oxidation sites excluding steroid dienone is 2. The summed E-state index contributed by atoms with van der Waals surface area (Å²) in [6.07, 6.45) is 4.65. The Morgan fingerprint density at radius 3 is 2.54 bits per heavy atom. The highest BCUT2D eigenvalue weighted by atomic mass is 16.4. The van der Waals surface area contributed by atoms with Gasteiger partial charge in [0.15, 0.2) is 5.58 Å². The molecular weight excluding hydrogens is 332 g/mol. The number of nitrogens with zero attached hydrogens (tertiary/aromatic N) is 1. The highest BCUT2D eigenvalue weighted by Gasteiger charge is 2.51. The van der Waals surface area contributed by atoms with Gasteiger partial charge in [-0.05, 0) is 36.5 Å². The molecule has 0 spiro atoms. The van der Waals surface area contributed by atoms with Gasteiger partial charge in [-0.2, -0.15) is 0 Å². The summed E-state index contributed by atoms with van der Waals surface area (Å²) >= 11 is 0. The fourth-order valence-corrected chi connectivity index (χ4v) is 4.07. The lowest BCUT2D eigenvalue weighted by Gasteiger charge is -2.23. The Balaban J connectivity index is 1.58. The van der Waals surface area contributed by atoms with E-state index in [0.29, 0.717) is 22.7 Å². The molecule has 136 valence electrons. The van der Waals surface area contributed by atoms with Crippen molar-refractivity contribution in [2.75, 3.05) is 5.32 Å². The van der Waals surface area contributed by atoms with Gasteiger partial charge in [0, 0.05) is 11.1 Å². The second-order valence-electron chi connectivity index (χ2n) is 8.28. The Labute approximate surface area is 151 Å². The second kappa shape index (κ2) is 5.69. The van der Waals surface area contributed by atoms with E-state index in [9.17, 15) is 14.7 Å². The molecule has 1 amide bonds. The number of carboxylic acids is 1. The Kier molecular flexibility index (Phi) is 3.68. The van der Waals surface area contributed by atoms with Crippen molar-refractivity contribution in [2.24, 2.45) is 23.7 Å². The quantitative estimate of drug-likeness (QED) is 0.822. The fourth-order valence-electron chi connectivity index (χ4n) is 4.07. The number of hydrogen-bond donors (Lipinski definition) is 2. The molecule has 6 heteroatoms. The number of carboxylic acid groups (broad SMARTS) is 1. The molecule has 0 aliphatic heterocycles. The second-order valence-corrected chi connectivity index (χ2v) is 8.28. The molecule has 0 saturated heterocycles. The number of carbonyl (C=O) groups excluding carboxylic acids is 1. The molecule has 4 rings (SSSR count). The fraction of sp³-hybridized carbons (Fsp3) is 0.450. The molecule has 0 unspecified atom stereocenters. The van der Waals surface area contributed by atoms with Crippen molar-refractivity contribution in [1.29, 1.82) is 0 Å². The molecule has 2 aliphatic rings. The van der Waals surface area contributed by atoms with Gasteiger partial charge < -0.3 is 14.8 Å². The maximum atomic E-state index is 12.8. The van der Waals surface area contributed by atoms with Gasteiger partial charge in [-0.15, -0.1) is 0 Å². The number of carbonyl (C=O) groups is 2. The summed E-state index contributed by atoms with van der Waals surface area (Å²) in [6.45, 7) is 6.07. The molecule has 1 aromatic carbocycles. The van der Waals surface area contributed by atoms with Crippen molar-refractivity contribution in [2.45, 2.75) is 32.6 Å². The highest BCUT2D eigenvalue weighted by molar-refractivity contribution is 5.97. The van der Waals surface area contributed by atoms with E-state index in [4.69, 9.17) is 4.42 Å². The molecule has 0 radical (unpaired) electrons. The maximum Gasteiger partial charge on any atom is 0.307 e. The molecule has 2 N–H and O–H groups in total. The van der Waals surface area contributed by atoms with E-state index in [1.54, 1.807) is 18.2 Å². The van der Waals surface area contributed by atoms with Crippen LogP contribution in [0.3, 0.4) is 0 Å². The van der Waals surface area contributed by atoms with Gasteiger partial charge in [-0.1, -0.05) is 32.9 Å². The van der Waals surface area contributed by atoms with Crippen molar-refractivity contribution in [3.05, 3.63) is 36.2 Å². The van der Waals surface area contributed by atoms with Gasteiger partial charge in [0.2, 0.25) is 11.8 Å². The Morgan fingerprint density at radius 2 is 1.88 bits per heavy atom. The first-order chi connectivity index (χ1) is 12.2. The third kappa shape index (κ3) is 2.69. The standard InChI is InChI=1S/C20H22N2O4/c1-20(2,3)19-22-13-9-12(6-7-14(13)26-19)21-17(23)15-10-4-5-11(8-10)16(15)18(24)25/h4-7,9-11,15-16H,8H2,1-3H3,(H,21,23)(H,24,25)/t10-,11-,15-,16-/m0/s1. The van der Waals surface area contributed by atoms with Crippen molar-refractivity contribution in [3.63, 3.8) is 0 Å². The van der Waals surface area contributed by atoms with Crippen LogP contribution in [0.15, 0.2) is 34.8 Å². The predicted octanol–water partition coefficient (Wildman–Crippen LogP) is 3.59. The normalized spacial score (nSPS) is 27.2. The largest absolute Gasteiger partial charge is 0.481 e. The highest BCUT2D eigenvalue weighted by Crippen LogP contribution is 2.48. The van der Waals surface area contributed by atoms with Crippen LogP contribution in [-0.2, 0) is 15.0 Å². The summed E-state index contributed by atoms with van der Waals surface area (Å²) in [7, 11) is 0. The minimum Gasteiger partial charge on any atom is -0.481 e. The summed E-state index contributed by atoms with van der Waals surface area (Å²) in [6, 6.07) is 5.31. The number of rotatable bonds is 3. The lowest BCUT2D eigenvalue weighted by Crippen LogP contribution is -2.36. The number of anilines is 1. The van der Waals surface area contributed by atoms with E-state index in [0.717, 1.165) is 6.42 Å². The van der Waals surface area contributed by atoms with E-state index >= 15 is 0 Å². The van der Waals surface area contributed by atoms with Gasteiger partial charge in [0.05, 0.1) is 11.8 Å². The smallest absolute Gasteiger partial charge is 0.307 e. The number of nitrogens with one attached hydrogen (secondary N) is 1. The first-order valence-electron chi connectivity index (χ1n) is 8.87. The predicted molar refractivity (Wildman–Crippen MR) is 96.7 cm³/mol. The minimum atomic E-state index is -0.899. The van der Waals surface area contributed by atoms with Gasteiger partial charge in [0.1, 0.15) is 5.52 Å². The molecule has 1 saturated carbocycles. The summed E-state index contributed by atoms with van der Waals surface area (Å²) in [5.74, 6) is -1.71. The molecule has 1 aromatic heterocycles. The molecule has 1 heterocycles. The average Bonchev–Trinajstić information content (AvgIpc) is 3.26. The summed E-state index contributed by atoms with van der Waals surface area (Å²) in [4.78, 5) is 28.9. The number of amides is 1. The third-order valence-corrected chi connectivity index (χ3v) is 5.34. The van der Waals surface area contributed by atoms with Crippen LogP contribution in [0.25, 0.3) is 11.1 Å². The number of oxazole rings is 1. The minimum absolute atomic E-state index is 0.00405. The van der Waals surface area contributed by atoms with Gasteiger partial charge in [-0.25, -0.2) is 4.98 Å². The zero-order valence-corrected chi connectivity index (χ0v) is 15.0. The van der Waals surface area contributed by atoms with Crippen LogP contribution in [0.4, 0.5) is 5.69 Å². The number of hydrogen-bond acceptors (Lipinski definition) is 4. The van der Waals surface area contributed by atoms with Crippen LogP contribution in [-0.4, -0.2) is 22.0 Å². The van der Waals surface area contributed by atoms with Crippen molar-refractivity contribution < 1.29 is 19.1 Å². The SMILES string of the molecule is CC(C)(C)c1nc2cc(NC(=O)[C@@H]3[C@@H](C(=O)O)[C@H]4C=C[C@H]3C4)ccc2o1. The van der Waals surface area contributed by atoms with E-state index in [1.807, 2.05) is 32.9 Å². The van der Waals surface area contributed by atoms with Crippen LogP contribution in [0.5, 0.6) is 0 Å². The van der Waals surface area contributed by atoms with E-state index in [1.165, 1.54) is 0 Å². The number of aromatic nitrogens is 1. The first kappa shape index (κ1) is 16.8. The lowest BCUT2D eigenvalue weighted by molar-refractivity contribution is -0.146. The summed E-state index contributed by atoms with van der Waals surface area (Å²) in [5, 5.41) is 12.4. The number of fused-ring (bicyclic) bond motifs is 3. The molecule has 4 atom stereocenters. The zero-order valence-electron chi connectivity index (χ0n) is 15.0. The zero-order chi connectivity index (χ0) is 18.6. The van der Waals surface area contributed by atoms with Crippen LogP contribution in [0.2, 0.25) is 0 Å². The monoisotopic (exact) mass is 354 g/mol. The van der Waals surface area contributed by atoms with Gasteiger partial charge in [-0.3, -0.25) is 9.59 Å². The number of aliphatic carboxylic acids is 1. The molecule has 2 bridgehead atoms. The van der Waals surface area contributed by atoms with Crippen LogP contribution in [0, 0.1) is 23.7 Å². The Bertz CT molecular complexity index is 922. The van der Waals surface area contributed by atoms with Gasteiger partial charge in [0.25, 0.3) is 0 Å². The molecule has 26 heavy (non-hydrogen) atoms. The molecule has 6 nitrogen and oxygen atoms in total. The van der Waals surface area contributed by atoms with Crippen LogP contribution >= 0.6 is 0 Å². The third-order valence-electron chi connectivity index (χ3n) is 5.34. The van der Waals surface area contributed by atoms with Crippen molar-refractivity contribution >= 4 is 28.7 Å². The average molecular weight is 354 g/mol. The van der Waals surface area contributed by atoms with Crippen molar-refractivity contribution in [3.8, 4) is 0 Å². The maximum absolute atomic E-state index is 12.8. The van der Waals surface area contributed by atoms with E-state index in [-0.39, 0.29) is 23.2 Å². The van der Waals surface area contributed by atoms with E-state index in [2.05, 4.69) is 10.3 Å². The molecular formula is C20H22N2O4. The van der Waals surface area contributed by atoms with E-state index < -0.39 is 17.8 Å². The molecule has 2 aromatic rings. The van der Waals surface area contributed by atoms with Crippen molar-refractivity contribution in [1.82, 2.24) is 4.98 Å². The number of benzene rings is 1. The van der Waals surface area contributed by atoms with Crippen LogP contribution in [0.1, 0.15) is 33.1 Å². The van der Waals surface area contributed by atoms with Gasteiger partial charge >= 0.3 is 5.97 Å². The Hall–Kier alpha value is -2.63. The Morgan fingerprint density at radius 1 is 1.19 bits per heavy atom. The molecule has 2 aliphatic carbocycles. The first-order valence-corrected chi connectivity index (χ1v) is 8.87. The summed E-state index contributed by atoms with van der Waals surface area (Å²) in [5.41, 5.74) is 1.74. The topological polar surface area (TPSA) is 92.4 Å².